The van der Waals surface area contributed by atoms with E-state index >= 15 is 0 Å². The Hall–Kier alpha value is -2.69. The van der Waals surface area contributed by atoms with Crippen molar-refractivity contribution in [1.29, 1.82) is 0 Å². The summed E-state index contributed by atoms with van der Waals surface area (Å²) in [5.74, 6) is 2.34. The molecular formula is C20H24N2O3. The highest BCUT2D eigenvalue weighted by Crippen LogP contribution is 2.36. The summed E-state index contributed by atoms with van der Waals surface area (Å²) >= 11 is 0. The third kappa shape index (κ3) is 4.24. The van der Waals surface area contributed by atoms with Crippen LogP contribution in [0.1, 0.15) is 25.8 Å². The molecule has 2 amide bonds. The minimum Gasteiger partial charge on any atom is -0.487 e. The number of hydrogen-bond donors (Lipinski definition) is 1. The zero-order valence-corrected chi connectivity index (χ0v) is 15.1. The third-order valence-corrected chi connectivity index (χ3v) is 4.17. The Balaban J connectivity index is 1.70. The number of urea groups is 1. The number of nitrogens with zero attached hydrogens (tertiary/aromatic N) is 1. The molecule has 0 aromatic heterocycles. The molecule has 3 rings (SSSR count). The van der Waals surface area contributed by atoms with Gasteiger partial charge < -0.3 is 19.7 Å². The maximum atomic E-state index is 11.6. The van der Waals surface area contributed by atoms with Gasteiger partial charge in [-0.2, -0.15) is 0 Å². The summed E-state index contributed by atoms with van der Waals surface area (Å²) in [7, 11) is 3.40. The van der Waals surface area contributed by atoms with Gasteiger partial charge in [0, 0.05) is 25.8 Å². The van der Waals surface area contributed by atoms with E-state index in [1.54, 1.807) is 14.1 Å². The lowest BCUT2D eigenvalue weighted by atomic mass is 9.94. The molecule has 0 aliphatic carbocycles. The van der Waals surface area contributed by atoms with Crippen molar-refractivity contribution in [2.45, 2.75) is 32.3 Å². The van der Waals surface area contributed by atoms with Crippen molar-refractivity contribution in [2.24, 2.45) is 0 Å². The van der Waals surface area contributed by atoms with Crippen LogP contribution in [0.5, 0.6) is 17.2 Å². The number of rotatable bonds is 3. The van der Waals surface area contributed by atoms with Crippen LogP contribution in [0.25, 0.3) is 0 Å². The van der Waals surface area contributed by atoms with Crippen LogP contribution in [-0.2, 0) is 6.42 Å². The van der Waals surface area contributed by atoms with Gasteiger partial charge in [0.25, 0.3) is 0 Å². The van der Waals surface area contributed by atoms with Crippen molar-refractivity contribution in [1.82, 2.24) is 4.90 Å². The molecule has 0 atom stereocenters. The Labute approximate surface area is 148 Å². The molecule has 1 aliphatic heterocycles. The average molecular weight is 340 g/mol. The fourth-order valence-electron chi connectivity index (χ4n) is 2.66. The van der Waals surface area contributed by atoms with Crippen molar-refractivity contribution in [3.8, 4) is 17.2 Å². The lowest BCUT2D eigenvalue weighted by Gasteiger charge is -2.32. The van der Waals surface area contributed by atoms with Crippen LogP contribution in [0.4, 0.5) is 10.5 Å². The van der Waals surface area contributed by atoms with Gasteiger partial charge in [-0.15, -0.1) is 0 Å². The van der Waals surface area contributed by atoms with Crippen LogP contribution in [-0.4, -0.2) is 30.6 Å². The summed E-state index contributed by atoms with van der Waals surface area (Å²) < 4.78 is 12.0. The molecule has 2 aromatic carbocycles. The van der Waals surface area contributed by atoms with E-state index in [-0.39, 0.29) is 11.6 Å². The first-order valence-electron chi connectivity index (χ1n) is 8.41. The van der Waals surface area contributed by atoms with Crippen molar-refractivity contribution in [3.63, 3.8) is 0 Å². The van der Waals surface area contributed by atoms with Gasteiger partial charge in [0.2, 0.25) is 0 Å². The first-order chi connectivity index (χ1) is 11.8. The summed E-state index contributed by atoms with van der Waals surface area (Å²) in [6, 6.07) is 13.1. The Morgan fingerprint density at radius 2 is 1.80 bits per heavy atom. The minimum atomic E-state index is -0.164. The van der Waals surface area contributed by atoms with Crippen LogP contribution in [0.3, 0.4) is 0 Å². The Kier molecular flexibility index (Phi) is 4.57. The molecule has 0 spiro atoms. The van der Waals surface area contributed by atoms with E-state index in [1.807, 2.05) is 36.4 Å². The first-order valence-corrected chi connectivity index (χ1v) is 8.41. The summed E-state index contributed by atoms with van der Waals surface area (Å²) in [4.78, 5) is 13.1. The van der Waals surface area contributed by atoms with E-state index in [0.29, 0.717) is 5.75 Å². The molecule has 1 N–H and O–H groups in total. The fourth-order valence-corrected chi connectivity index (χ4v) is 2.66. The first kappa shape index (κ1) is 17.1. The second-order valence-corrected chi connectivity index (χ2v) is 7.08. The van der Waals surface area contributed by atoms with E-state index in [9.17, 15) is 4.79 Å². The fraction of sp³-hybridized carbons (Fsp3) is 0.350. The maximum absolute atomic E-state index is 11.6. The second kappa shape index (κ2) is 6.67. The summed E-state index contributed by atoms with van der Waals surface area (Å²) in [5, 5.41) is 2.79. The Bertz CT molecular complexity index is 767. The molecule has 5 heteroatoms. The predicted octanol–water partition coefficient (Wildman–Crippen LogP) is 4.68. The van der Waals surface area contributed by atoms with Crippen molar-refractivity contribution >= 4 is 11.7 Å². The number of carbonyl (C=O) groups is 1. The lowest BCUT2D eigenvalue weighted by Crippen LogP contribution is -2.32. The molecule has 25 heavy (non-hydrogen) atoms. The molecule has 132 valence electrons. The Morgan fingerprint density at radius 3 is 2.48 bits per heavy atom. The van der Waals surface area contributed by atoms with Crippen molar-refractivity contribution in [3.05, 3.63) is 48.0 Å². The number of fused-ring (bicyclic) bond motifs is 1. The molecule has 1 heterocycles. The zero-order chi connectivity index (χ0) is 18.0. The van der Waals surface area contributed by atoms with E-state index < -0.39 is 0 Å². The SMILES string of the molecule is CN(C)C(=O)Nc1ccc(Oc2ccc3c(c2)OC(C)(C)CC3)cc1. The third-order valence-electron chi connectivity index (χ3n) is 4.17. The van der Waals surface area contributed by atoms with Crippen molar-refractivity contribution in [2.75, 3.05) is 19.4 Å². The van der Waals surface area contributed by atoms with Crippen LogP contribution in [0.2, 0.25) is 0 Å². The average Bonchev–Trinajstić information content (AvgIpc) is 2.55. The molecule has 0 bridgehead atoms. The summed E-state index contributed by atoms with van der Waals surface area (Å²) in [5.41, 5.74) is 1.80. The van der Waals surface area contributed by atoms with Crippen LogP contribution in [0, 0.1) is 0 Å². The highest BCUT2D eigenvalue weighted by atomic mass is 16.5. The van der Waals surface area contributed by atoms with Gasteiger partial charge >= 0.3 is 6.03 Å². The standard InChI is InChI=1S/C20H24N2O3/c1-20(2)12-11-14-5-8-17(13-18(14)25-20)24-16-9-6-15(7-10-16)21-19(23)22(3)4/h5-10,13H,11-12H2,1-4H3,(H,21,23). The van der Waals surface area contributed by atoms with Gasteiger partial charge in [0.05, 0.1) is 0 Å². The molecule has 0 unspecified atom stereocenters. The van der Waals surface area contributed by atoms with Gasteiger partial charge in [0.1, 0.15) is 22.8 Å². The molecule has 0 radical (unpaired) electrons. The number of benzene rings is 2. The topological polar surface area (TPSA) is 50.8 Å². The number of carbonyl (C=O) groups excluding carboxylic acids is 1. The van der Waals surface area contributed by atoms with Gasteiger partial charge in [-0.05, 0) is 62.6 Å². The van der Waals surface area contributed by atoms with E-state index in [1.165, 1.54) is 10.5 Å². The maximum Gasteiger partial charge on any atom is 0.321 e. The number of aryl methyl sites for hydroxylation is 1. The molecule has 0 saturated heterocycles. The van der Waals surface area contributed by atoms with Crippen LogP contribution < -0.4 is 14.8 Å². The monoisotopic (exact) mass is 340 g/mol. The molecule has 2 aromatic rings. The van der Waals surface area contributed by atoms with E-state index in [4.69, 9.17) is 9.47 Å². The van der Waals surface area contributed by atoms with Gasteiger partial charge in [-0.25, -0.2) is 4.79 Å². The molecule has 1 aliphatic rings. The number of nitrogens with one attached hydrogen (secondary N) is 1. The minimum absolute atomic E-state index is 0.141. The quantitative estimate of drug-likeness (QED) is 0.883. The molecule has 5 nitrogen and oxygen atoms in total. The highest BCUT2D eigenvalue weighted by Gasteiger charge is 2.26. The number of hydrogen-bond acceptors (Lipinski definition) is 3. The summed E-state index contributed by atoms with van der Waals surface area (Å²) in [6.45, 7) is 4.20. The zero-order valence-electron chi connectivity index (χ0n) is 15.1. The predicted molar refractivity (Wildman–Crippen MR) is 98.7 cm³/mol. The normalized spacial score (nSPS) is 14.9. The van der Waals surface area contributed by atoms with E-state index in [2.05, 4.69) is 25.2 Å². The number of anilines is 1. The molecule has 0 fully saturated rings. The summed E-state index contributed by atoms with van der Waals surface area (Å²) in [6.07, 6.45) is 2.03. The van der Waals surface area contributed by atoms with Gasteiger partial charge in [-0.1, -0.05) is 6.07 Å². The van der Waals surface area contributed by atoms with Gasteiger partial charge in [-0.3, -0.25) is 0 Å². The highest BCUT2D eigenvalue weighted by molar-refractivity contribution is 5.88. The van der Waals surface area contributed by atoms with Crippen molar-refractivity contribution < 1.29 is 14.3 Å². The number of amides is 2. The number of ether oxygens (including phenoxy) is 2. The largest absolute Gasteiger partial charge is 0.487 e. The van der Waals surface area contributed by atoms with E-state index in [0.717, 1.165) is 30.0 Å². The molecular weight excluding hydrogens is 316 g/mol. The molecule has 0 saturated carbocycles. The van der Waals surface area contributed by atoms with Crippen LogP contribution in [0.15, 0.2) is 42.5 Å². The second-order valence-electron chi connectivity index (χ2n) is 7.08. The lowest BCUT2D eigenvalue weighted by molar-refractivity contribution is 0.0844. The Morgan fingerprint density at radius 1 is 1.12 bits per heavy atom. The van der Waals surface area contributed by atoms with Gasteiger partial charge in [0.15, 0.2) is 0 Å². The smallest absolute Gasteiger partial charge is 0.321 e. The van der Waals surface area contributed by atoms with Crippen LogP contribution >= 0.6 is 0 Å².